The van der Waals surface area contributed by atoms with Crippen molar-refractivity contribution in [3.63, 3.8) is 0 Å². The maximum absolute atomic E-state index is 12.9. The fourth-order valence-corrected chi connectivity index (χ4v) is 4.09. The van der Waals surface area contributed by atoms with Crippen molar-refractivity contribution in [3.05, 3.63) is 65.7 Å². The Balaban J connectivity index is 1.42. The largest absolute Gasteiger partial charge is 0.327 e. The summed E-state index contributed by atoms with van der Waals surface area (Å²) < 4.78 is 1.67. The number of anilines is 1. The predicted molar refractivity (Wildman–Crippen MR) is 124 cm³/mol. The van der Waals surface area contributed by atoms with E-state index in [4.69, 9.17) is 5.10 Å². The molecule has 168 valence electrons. The molecule has 1 aliphatic heterocycles. The average Bonchev–Trinajstić information content (AvgIpc) is 3.51. The highest BCUT2D eigenvalue weighted by atomic mass is 16.2. The maximum Gasteiger partial charge on any atom is 0.327 e. The number of imide groups is 1. The van der Waals surface area contributed by atoms with Gasteiger partial charge in [-0.1, -0.05) is 35.9 Å². The molecule has 8 nitrogen and oxygen atoms in total. The van der Waals surface area contributed by atoms with Crippen LogP contribution in [0.15, 0.2) is 54.6 Å². The fraction of sp³-hybridized carbons (Fsp3) is 0.280. The first-order valence-electron chi connectivity index (χ1n) is 11.0. The van der Waals surface area contributed by atoms with E-state index in [0.717, 1.165) is 45.8 Å². The number of urea groups is 1. The summed E-state index contributed by atoms with van der Waals surface area (Å²) in [5.74, 6) is -0.311. The van der Waals surface area contributed by atoms with E-state index in [2.05, 4.69) is 11.4 Å². The predicted octanol–water partition coefficient (Wildman–Crippen LogP) is 3.52. The number of aryl methyl sites for hydroxylation is 2. The van der Waals surface area contributed by atoms with E-state index in [-0.39, 0.29) is 31.1 Å². The molecule has 4 amide bonds. The zero-order valence-corrected chi connectivity index (χ0v) is 18.6. The first kappa shape index (κ1) is 20.9. The molecule has 2 fully saturated rings. The van der Waals surface area contributed by atoms with Crippen LogP contribution in [0.5, 0.6) is 0 Å². The van der Waals surface area contributed by atoms with Gasteiger partial charge in [0.2, 0.25) is 5.91 Å². The molecule has 3 aromatic rings. The fourth-order valence-electron chi connectivity index (χ4n) is 4.09. The zero-order valence-electron chi connectivity index (χ0n) is 18.6. The number of nitrogens with one attached hydrogen (secondary N) is 1. The van der Waals surface area contributed by atoms with E-state index in [1.54, 1.807) is 9.58 Å². The summed E-state index contributed by atoms with van der Waals surface area (Å²) in [7, 11) is 0. The molecule has 1 saturated heterocycles. The van der Waals surface area contributed by atoms with Crippen molar-refractivity contribution in [2.45, 2.75) is 32.7 Å². The molecule has 1 N–H and O–H groups in total. The summed E-state index contributed by atoms with van der Waals surface area (Å²) in [6.45, 7) is 3.77. The molecule has 2 aliphatic rings. The Morgan fingerprint density at radius 2 is 1.82 bits per heavy atom. The van der Waals surface area contributed by atoms with Crippen LogP contribution >= 0.6 is 0 Å². The summed E-state index contributed by atoms with van der Waals surface area (Å²) in [6.07, 6.45) is 1.83. The second-order valence-corrected chi connectivity index (χ2v) is 8.65. The Bertz CT molecular complexity index is 1250. The molecule has 2 heterocycles. The number of hydrogen-bond donors (Lipinski definition) is 1. The molecular weight excluding hydrogens is 418 g/mol. The summed E-state index contributed by atoms with van der Waals surface area (Å²) >= 11 is 0. The lowest BCUT2D eigenvalue weighted by Crippen LogP contribution is -2.39. The molecule has 0 radical (unpaired) electrons. The van der Waals surface area contributed by atoms with Gasteiger partial charge in [0.1, 0.15) is 18.9 Å². The van der Waals surface area contributed by atoms with Gasteiger partial charge in [-0.3, -0.25) is 14.5 Å². The van der Waals surface area contributed by atoms with E-state index in [1.807, 2.05) is 62.4 Å². The Kier molecular flexibility index (Phi) is 5.20. The molecule has 0 bridgehead atoms. The molecule has 5 rings (SSSR count). The minimum atomic E-state index is -0.445. The number of aromatic nitrogens is 2. The first-order chi connectivity index (χ1) is 15.9. The smallest absolute Gasteiger partial charge is 0.312 e. The minimum Gasteiger partial charge on any atom is -0.312 e. The van der Waals surface area contributed by atoms with Gasteiger partial charge in [0.25, 0.3) is 5.91 Å². The standard InChI is InChI=1S/C25H25N5O3/c1-16-8-9-17(2)20(12-16)21-13-22(30(27-21)19-6-4-3-5-7-19)26-23(31)14-29-24(32)15-28(25(29)33)18-10-11-18/h3-9,12-13,18H,10-11,14-15H2,1-2H3,(H,26,31). The molecule has 8 heteroatoms. The van der Waals surface area contributed by atoms with Crippen molar-refractivity contribution in [3.8, 4) is 16.9 Å². The van der Waals surface area contributed by atoms with Crippen LogP contribution in [0.4, 0.5) is 10.6 Å². The molecule has 33 heavy (non-hydrogen) atoms. The first-order valence-corrected chi connectivity index (χ1v) is 11.0. The second-order valence-electron chi connectivity index (χ2n) is 8.65. The number of rotatable bonds is 6. The van der Waals surface area contributed by atoms with Gasteiger partial charge in [-0.25, -0.2) is 9.48 Å². The van der Waals surface area contributed by atoms with Gasteiger partial charge in [0.05, 0.1) is 11.4 Å². The summed E-state index contributed by atoms with van der Waals surface area (Å²) in [6, 6.07) is 17.2. The quantitative estimate of drug-likeness (QED) is 0.591. The highest BCUT2D eigenvalue weighted by molar-refractivity contribution is 6.06. The molecule has 1 aliphatic carbocycles. The lowest BCUT2D eigenvalue weighted by Gasteiger charge is -2.16. The normalized spacial score (nSPS) is 15.9. The van der Waals surface area contributed by atoms with Crippen LogP contribution in [-0.4, -0.2) is 56.6 Å². The molecule has 0 unspecified atom stereocenters. The van der Waals surface area contributed by atoms with Crippen molar-refractivity contribution in [2.75, 3.05) is 18.4 Å². The summed E-state index contributed by atoms with van der Waals surface area (Å²) in [5, 5.41) is 7.62. The number of benzene rings is 2. The van der Waals surface area contributed by atoms with Gasteiger partial charge in [-0.15, -0.1) is 0 Å². The van der Waals surface area contributed by atoms with E-state index in [9.17, 15) is 14.4 Å². The summed E-state index contributed by atoms with van der Waals surface area (Å²) in [5.41, 5.74) is 4.68. The van der Waals surface area contributed by atoms with E-state index < -0.39 is 5.91 Å². The third-order valence-corrected chi connectivity index (χ3v) is 6.02. The third kappa shape index (κ3) is 4.11. The van der Waals surface area contributed by atoms with Crippen LogP contribution in [0, 0.1) is 13.8 Å². The van der Waals surface area contributed by atoms with E-state index in [0.29, 0.717) is 5.82 Å². The minimum absolute atomic E-state index is 0.0511. The van der Waals surface area contributed by atoms with Gasteiger partial charge >= 0.3 is 6.03 Å². The Hall–Kier alpha value is -3.94. The van der Waals surface area contributed by atoms with Gasteiger partial charge in [-0.05, 0) is 50.5 Å². The summed E-state index contributed by atoms with van der Waals surface area (Å²) in [4.78, 5) is 40.4. The van der Waals surface area contributed by atoms with Crippen LogP contribution < -0.4 is 5.32 Å². The van der Waals surface area contributed by atoms with Crippen LogP contribution in [0.25, 0.3) is 16.9 Å². The van der Waals surface area contributed by atoms with Crippen molar-refractivity contribution in [2.24, 2.45) is 0 Å². The zero-order chi connectivity index (χ0) is 23.1. The second kappa shape index (κ2) is 8.20. The average molecular weight is 444 g/mol. The van der Waals surface area contributed by atoms with Crippen molar-refractivity contribution >= 4 is 23.7 Å². The van der Waals surface area contributed by atoms with E-state index >= 15 is 0 Å². The van der Waals surface area contributed by atoms with Gasteiger partial charge in [-0.2, -0.15) is 5.10 Å². The number of carbonyl (C=O) groups is 3. The Morgan fingerprint density at radius 3 is 2.55 bits per heavy atom. The number of nitrogens with zero attached hydrogens (tertiary/aromatic N) is 4. The lowest BCUT2D eigenvalue weighted by atomic mass is 10.0. The lowest BCUT2D eigenvalue weighted by molar-refractivity contribution is -0.129. The maximum atomic E-state index is 12.9. The van der Waals surface area contributed by atoms with Crippen molar-refractivity contribution in [1.29, 1.82) is 0 Å². The molecule has 1 saturated carbocycles. The topological polar surface area (TPSA) is 87.5 Å². The molecular formula is C25H25N5O3. The van der Waals surface area contributed by atoms with Crippen LogP contribution in [0.3, 0.4) is 0 Å². The Labute approximate surface area is 191 Å². The SMILES string of the molecule is Cc1ccc(C)c(-c2cc(NC(=O)CN3C(=O)CN(C4CC4)C3=O)n(-c3ccccc3)n2)c1. The molecule has 0 atom stereocenters. The van der Waals surface area contributed by atoms with Crippen LogP contribution in [0.1, 0.15) is 24.0 Å². The Morgan fingerprint density at radius 1 is 1.06 bits per heavy atom. The van der Waals surface area contributed by atoms with Gasteiger partial charge < -0.3 is 10.2 Å². The molecule has 0 spiro atoms. The number of amides is 4. The van der Waals surface area contributed by atoms with Crippen LogP contribution in [0.2, 0.25) is 0 Å². The van der Waals surface area contributed by atoms with Crippen molar-refractivity contribution < 1.29 is 14.4 Å². The number of carbonyl (C=O) groups excluding carboxylic acids is 3. The highest BCUT2D eigenvalue weighted by Crippen LogP contribution is 2.31. The molecule has 2 aromatic carbocycles. The highest BCUT2D eigenvalue weighted by Gasteiger charge is 2.44. The van der Waals surface area contributed by atoms with Crippen LogP contribution in [-0.2, 0) is 9.59 Å². The van der Waals surface area contributed by atoms with Gasteiger partial charge in [0, 0.05) is 17.7 Å². The molecule has 1 aromatic heterocycles. The number of para-hydroxylation sites is 1. The monoisotopic (exact) mass is 443 g/mol. The number of hydrogen-bond acceptors (Lipinski definition) is 4. The van der Waals surface area contributed by atoms with E-state index in [1.165, 1.54) is 0 Å². The van der Waals surface area contributed by atoms with Crippen molar-refractivity contribution in [1.82, 2.24) is 19.6 Å². The van der Waals surface area contributed by atoms with Gasteiger partial charge in [0.15, 0.2) is 0 Å². The third-order valence-electron chi connectivity index (χ3n) is 6.02.